The number of nitriles is 1. The van der Waals surface area contributed by atoms with E-state index < -0.39 is 0 Å². The molecule has 0 fully saturated rings. The van der Waals surface area contributed by atoms with Gasteiger partial charge < -0.3 is 5.32 Å². The molecule has 0 saturated carbocycles. The number of carbonyl (C=O) groups excluding carboxylic acids is 1. The van der Waals surface area contributed by atoms with Crippen LogP contribution in [-0.4, -0.2) is 10.9 Å². The van der Waals surface area contributed by atoms with E-state index in [1.807, 2.05) is 6.07 Å². The second kappa shape index (κ2) is 5.98. The van der Waals surface area contributed by atoms with Crippen LogP contribution < -0.4 is 5.32 Å². The van der Waals surface area contributed by atoms with E-state index in [0.29, 0.717) is 22.8 Å². The molecule has 2 aromatic rings. The fourth-order valence-electron chi connectivity index (χ4n) is 1.55. The van der Waals surface area contributed by atoms with E-state index >= 15 is 0 Å². The van der Waals surface area contributed by atoms with Gasteiger partial charge in [0.05, 0.1) is 17.2 Å². The number of carbonyl (C=O) groups is 1. The molecule has 0 aliphatic heterocycles. The van der Waals surface area contributed by atoms with Gasteiger partial charge in [0, 0.05) is 12.7 Å². The van der Waals surface area contributed by atoms with Gasteiger partial charge in [0.25, 0.3) is 5.91 Å². The summed E-state index contributed by atoms with van der Waals surface area (Å²) in [5.41, 5.74) is 1.88. The Balaban J connectivity index is 2.00. The van der Waals surface area contributed by atoms with Crippen LogP contribution in [0.25, 0.3) is 0 Å². The molecule has 94 valence electrons. The normalized spacial score (nSPS) is 9.68. The summed E-state index contributed by atoms with van der Waals surface area (Å²) in [7, 11) is 0. The number of pyridine rings is 1. The molecule has 4 nitrogen and oxygen atoms in total. The van der Waals surface area contributed by atoms with E-state index in [2.05, 4.69) is 16.4 Å². The van der Waals surface area contributed by atoms with Crippen molar-refractivity contribution in [3.63, 3.8) is 0 Å². The number of benzene rings is 1. The lowest BCUT2D eigenvalue weighted by Gasteiger charge is -2.05. The lowest BCUT2D eigenvalue weighted by atomic mass is 10.1. The summed E-state index contributed by atoms with van der Waals surface area (Å²) in [5.74, 6) is -0.230. The zero-order chi connectivity index (χ0) is 13.7. The first-order valence-electron chi connectivity index (χ1n) is 5.58. The number of amides is 1. The Morgan fingerprint density at radius 1 is 1.37 bits per heavy atom. The van der Waals surface area contributed by atoms with Crippen LogP contribution in [0.15, 0.2) is 42.6 Å². The van der Waals surface area contributed by atoms with Gasteiger partial charge in [-0.05, 0) is 29.8 Å². The molecule has 0 aliphatic rings. The fourth-order valence-corrected chi connectivity index (χ4v) is 1.66. The monoisotopic (exact) mass is 271 g/mol. The van der Waals surface area contributed by atoms with Crippen molar-refractivity contribution in [3.8, 4) is 6.07 Å². The Labute approximate surface area is 115 Å². The van der Waals surface area contributed by atoms with Gasteiger partial charge in [-0.1, -0.05) is 23.7 Å². The van der Waals surface area contributed by atoms with E-state index in [-0.39, 0.29) is 5.91 Å². The largest absolute Gasteiger partial charge is 0.348 e. The molecule has 1 heterocycles. The van der Waals surface area contributed by atoms with Crippen molar-refractivity contribution >= 4 is 17.5 Å². The van der Waals surface area contributed by atoms with Crippen LogP contribution in [0.5, 0.6) is 0 Å². The zero-order valence-electron chi connectivity index (χ0n) is 9.93. The molecule has 1 N–H and O–H groups in total. The van der Waals surface area contributed by atoms with Crippen LogP contribution >= 0.6 is 11.6 Å². The van der Waals surface area contributed by atoms with Crippen molar-refractivity contribution in [2.75, 3.05) is 0 Å². The molecule has 1 aromatic heterocycles. The summed E-state index contributed by atoms with van der Waals surface area (Å²) in [6.45, 7) is 0.358. The highest BCUT2D eigenvalue weighted by atomic mass is 35.5. The third kappa shape index (κ3) is 3.54. The predicted octanol–water partition coefficient (Wildman–Crippen LogP) is 2.54. The quantitative estimate of drug-likeness (QED) is 0.873. The van der Waals surface area contributed by atoms with Gasteiger partial charge in [-0.2, -0.15) is 5.26 Å². The maximum Gasteiger partial charge on any atom is 0.253 e. The Morgan fingerprint density at radius 3 is 2.89 bits per heavy atom. The van der Waals surface area contributed by atoms with E-state index in [1.165, 1.54) is 6.20 Å². The third-order valence-electron chi connectivity index (χ3n) is 2.50. The van der Waals surface area contributed by atoms with Crippen molar-refractivity contribution < 1.29 is 4.79 Å². The standard InChI is InChI=1S/C14H10ClN3O/c15-13-5-4-12(9-17-13)14(19)18-8-11-3-1-2-10(6-11)7-16/h1-6,9H,8H2,(H,18,19). The van der Waals surface area contributed by atoms with Crippen molar-refractivity contribution in [1.29, 1.82) is 5.26 Å². The molecule has 0 aliphatic carbocycles. The maximum atomic E-state index is 11.8. The lowest BCUT2D eigenvalue weighted by Crippen LogP contribution is -2.22. The molecule has 0 spiro atoms. The Kier molecular flexibility index (Phi) is 4.11. The number of hydrogen-bond acceptors (Lipinski definition) is 3. The summed E-state index contributed by atoms with van der Waals surface area (Å²) in [6, 6.07) is 12.3. The molecule has 1 aromatic carbocycles. The maximum absolute atomic E-state index is 11.8. The molecule has 0 radical (unpaired) electrons. The lowest BCUT2D eigenvalue weighted by molar-refractivity contribution is 0.0950. The Bertz CT molecular complexity index is 632. The average molecular weight is 272 g/mol. The average Bonchev–Trinajstić information content (AvgIpc) is 2.46. The molecule has 0 bridgehead atoms. The summed E-state index contributed by atoms with van der Waals surface area (Å²) in [5, 5.41) is 11.9. The number of halogens is 1. The minimum absolute atomic E-state index is 0.230. The van der Waals surface area contributed by atoms with Crippen LogP contribution in [0.2, 0.25) is 5.15 Å². The van der Waals surface area contributed by atoms with E-state index in [9.17, 15) is 4.79 Å². The van der Waals surface area contributed by atoms with Gasteiger partial charge in [-0.25, -0.2) is 4.98 Å². The molecule has 2 rings (SSSR count). The van der Waals surface area contributed by atoms with Crippen LogP contribution in [-0.2, 0) is 6.54 Å². The minimum Gasteiger partial charge on any atom is -0.348 e. The molecular weight excluding hydrogens is 262 g/mol. The summed E-state index contributed by atoms with van der Waals surface area (Å²) in [6.07, 6.45) is 1.42. The van der Waals surface area contributed by atoms with Gasteiger partial charge in [-0.15, -0.1) is 0 Å². The third-order valence-corrected chi connectivity index (χ3v) is 2.72. The first-order chi connectivity index (χ1) is 9.19. The minimum atomic E-state index is -0.230. The highest BCUT2D eigenvalue weighted by molar-refractivity contribution is 6.29. The first-order valence-corrected chi connectivity index (χ1v) is 5.95. The SMILES string of the molecule is N#Cc1cccc(CNC(=O)c2ccc(Cl)nc2)c1. The number of rotatable bonds is 3. The number of nitrogens with one attached hydrogen (secondary N) is 1. The second-order valence-electron chi connectivity index (χ2n) is 3.86. The van der Waals surface area contributed by atoms with Crippen molar-refractivity contribution in [2.45, 2.75) is 6.54 Å². The number of aromatic nitrogens is 1. The molecule has 0 unspecified atom stereocenters. The van der Waals surface area contributed by atoms with Crippen molar-refractivity contribution in [3.05, 3.63) is 64.4 Å². The van der Waals surface area contributed by atoms with Crippen LogP contribution in [0.3, 0.4) is 0 Å². The molecule has 0 saturated heterocycles. The van der Waals surface area contributed by atoms with E-state index in [4.69, 9.17) is 16.9 Å². The van der Waals surface area contributed by atoms with Gasteiger partial charge >= 0.3 is 0 Å². The van der Waals surface area contributed by atoms with Crippen LogP contribution in [0.1, 0.15) is 21.5 Å². The molecule has 19 heavy (non-hydrogen) atoms. The number of hydrogen-bond donors (Lipinski definition) is 1. The summed E-state index contributed by atoms with van der Waals surface area (Å²) in [4.78, 5) is 15.7. The Morgan fingerprint density at radius 2 is 2.21 bits per heavy atom. The highest BCUT2D eigenvalue weighted by Gasteiger charge is 2.05. The Hall–Kier alpha value is -2.38. The topological polar surface area (TPSA) is 65.8 Å². The fraction of sp³-hybridized carbons (Fsp3) is 0.0714. The first kappa shape index (κ1) is 13.1. The molecule has 5 heteroatoms. The molecular formula is C14H10ClN3O. The zero-order valence-corrected chi connectivity index (χ0v) is 10.7. The van der Waals surface area contributed by atoms with Gasteiger partial charge in [0.1, 0.15) is 5.15 Å². The van der Waals surface area contributed by atoms with Gasteiger partial charge in [0.2, 0.25) is 0 Å². The van der Waals surface area contributed by atoms with E-state index in [1.54, 1.807) is 30.3 Å². The predicted molar refractivity (Wildman–Crippen MR) is 71.6 cm³/mol. The van der Waals surface area contributed by atoms with Gasteiger partial charge in [-0.3, -0.25) is 4.79 Å². The summed E-state index contributed by atoms with van der Waals surface area (Å²) >= 11 is 5.65. The smallest absolute Gasteiger partial charge is 0.253 e. The molecule has 0 atom stereocenters. The highest BCUT2D eigenvalue weighted by Crippen LogP contribution is 2.07. The summed E-state index contributed by atoms with van der Waals surface area (Å²) < 4.78 is 0. The van der Waals surface area contributed by atoms with Gasteiger partial charge in [0.15, 0.2) is 0 Å². The second-order valence-corrected chi connectivity index (χ2v) is 4.25. The molecule has 1 amide bonds. The van der Waals surface area contributed by atoms with Crippen molar-refractivity contribution in [1.82, 2.24) is 10.3 Å². The van der Waals surface area contributed by atoms with Crippen LogP contribution in [0.4, 0.5) is 0 Å². The van der Waals surface area contributed by atoms with Crippen LogP contribution in [0, 0.1) is 11.3 Å². The van der Waals surface area contributed by atoms with E-state index in [0.717, 1.165) is 5.56 Å². The van der Waals surface area contributed by atoms with Crippen molar-refractivity contribution in [2.24, 2.45) is 0 Å². The number of nitrogens with zero attached hydrogens (tertiary/aromatic N) is 2.